The van der Waals surface area contributed by atoms with Crippen molar-refractivity contribution >= 4 is 0 Å². The van der Waals surface area contributed by atoms with E-state index in [4.69, 9.17) is 4.74 Å². The summed E-state index contributed by atoms with van der Waals surface area (Å²) in [6.07, 6.45) is 5.52. The van der Waals surface area contributed by atoms with E-state index in [0.717, 1.165) is 11.7 Å². The van der Waals surface area contributed by atoms with Gasteiger partial charge in [-0.2, -0.15) is 0 Å². The Bertz CT molecular complexity index is 372. The molecular weight excluding hydrogens is 220 g/mol. The van der Waals surface area contributed by atoms with Gasteiger partial charge in [-0.15, -0.1) is 0 Å². The van der Waals surface area contributed by atoms with E-state index >= 15 is 0 Å². The lowest BCUT2D eigenvalue weighted by Gasteiger charge is -2.27. The first-order valence-electron chi connectivity index (χ1n) is 7.22. The minimum Gasteiger partial charge on any atom is -0.490 e. The Morgan fingerprint density at radius 3 is 2.28 bits per heavy atom. The van der Waals surface area contributed by atoms with E-state index in [1.54, 1.807) is 0 Å². The number of hydrogen-bond acceptors (Lipinski definition) is 1. The van der Waals surface area contributed by atoms with Crippen LogP contribution < -0.4 is 4.74 Å². The number of rotatable bonds is 2. The second kappa shape index (κ2) is 5.34. The maximum Gasteiger partial charge on any atom is 0.119 e. The molecule has 1 aliphatic carbocycles. The Labute approximate surface area is 112 Å². The molecule has 2 atom stereocenters. The Balaban J connectivity index is 1.98. The van der Waals surface area contributed by atoms with Gasteiger partial charge in [-0.3, -0.25) is 0 Å². The van der Waals surface area contributed by atoms with Gasteiger partial charge in [-0.1, -0.05) is 46.2 Å². The molecule has 0 N–H and O–H groups in total. The molecule has 18 heavy (non-hydrogen) atoms. The molecule has 0 heterocycles. The smallest absolute Gasteiger partial charge is 0.119 e. The summed E-state index contributed by atoms with van der Waals surface area (Å²) in [7, 11) is 0. The van der Waals surface area contributed by atoms with Crippen LogP contribution in [0.1, 0.15) is 58.9 Å². The summed E-state index contributed by atoms with van der Waals surface area (Å²) in [4.78, 5) is 0. The second-order valence-corrected chi connectivity index (χ2v) is 6.79. The molecular formula is C17H26O. The van der Waals surface area contributed by atoms with Crippen LogP contribution in [0.4, 0.5) is 0 Å². The number of ether oxygens (including phenoxy) is 1. The van der Waals surface area contributed by atoms with Gasteiger partial charge in [0.15, 0.2) is 0 Å². The summed E-state index contributed by atoms with van der Waals surface area (Å²) in [6, 6.07) is 8.64. The van der Waals surface area contributed by atoms with Crippen molar-refractivity contribution in [2.24, 2.45) is 5.92 Å². The van der Waals surface area contributed by atoms with Gasteiger partial charge < -0.3 is 4.74 Å². The minimum atomic E-state index is 0.220. The monoisotopic (exact) mass is 246 g/mol. The van der Waals surface area contributed by atoms with E-state index in [0.29, 0.717) is 6.10 Å². The molecule has 100 valence electrons. The standard InChI is InChI=1S/C17H26O/c1-13-6-5-7-16(12-13)18-15-10-8-14(9-11-15)17(2,3)4/h8-11,13,16H,5-7,12H2,1-4H3. The van der Waals surface area contributed by atoms with Crippen LogP contribution in [0.15, 0.2) is 24.3 Å². The van der Waals surface area contributed by atoms with Gasteiger partial charge in [0, 0.05) is 0 Å². The largest absolute Gasteiger partial charge is 0.490 e. The van der Waals surface area contributed by atoms with Crippen molar-refractivity contribution in [3.8, 4) is 5.75 Å². The molecule has 1 fully saturated rings. The van der Waals surface area contributed by atoms with Crippen molar-refractivity contribution in [1.29, 1.82) is 0 Å². The highest BCUT2D eigenvalue weighted by Crippen LogP contribution is 2.29. The lowest BCUT2D eigenvalue weighted by Crippen LogP contribution is -2.24. The molecule has 0 amide bonds. The fraction of sp³-hybridized carbons (Fsp3) is 0.647. The lowest BCUT2D eigenvalue weighted by atomic mass is 9.87. The Morgan fingerprint density at radius 2 is 1.72 bits per heavy atom. The third-order valence-electron chi connectivity index (χ3n) is 3.91. The molecule has 1 nitrogen and oxygen atoms in total. The molecule has 0 aromatic heterocycles. The molecule has 1 heteroatoms. The summed E-state index contributed by atoms with van der Waals surface area (Å²) in [5, 5.41) is 0. The van der Waals surface area contributed by atoms with Crippen LogP contribution in [0.3, 0.4) is 0 Å². The quantitative estimate of drug-likeness (QED) is 0.718. The lowest BCUT2D eigenvalue weighted by molar-refractivity contribution is 0.129. The molecule has 0 saturated heterocycles. The van der Waals surface area contributed by atoms with Crippen molar-refractivity contribution < 1.29 is 4.74 Å². The van der Waals surface area contributed by atoms with Gasteiger partial charge in [0.1, 0.15) is 5.75 Å². The van der Waals surface area contributed by atoms with Crippen molar-refractivity contribution in [2.45, 2.75) is 64.9 Å². The van der Waals surface area contributed by atoms with Gasteiger partial charge >= 0.3 is 0 Å². The number of benzene rings is 1. The highest BCUT2D eigenvalue weighted by Gasteiger charge is 2.20. The minimum absolute atomic E-state index is 0.220. The molecule has 2 rings (SSSR count). The van der Waals surface area contributed by atoms with Crippen molar-refractivity contribution in [3.05, 3.63) is 29.8 Å². The van der Waals surface area contributed by atoms with Crippen LogP contribution in [0, 0.1) is 5.92 Å². The predicted molar refractivity (Wildman–Crippen MR) is 77.2 cm³/mol. The third-order valence-corrected chi connectivity index (χ3v) is 3.91. The fourth-order valence-corrected chi connectivity index (χ4v) is 2.71. The highest BCUT2D eigenvalue weighted by atomic mass is 16.5. The third kappa shape index (κ3) is 3.51. The van der Waals surface area contributed by atoms with Crippen LogP contribution in [0.25, 0.3) is 0 Å². The molecule has 0 spiro atoms. The highest BCUT2D eigenvalue weighted by molar-refractivity contribution is 5.31. The van der Waals surface area contributed by atoms with Crippen LogP contribution in [0.2, 0.25) is 0 Å². The van der Waals surface area contributed by atoms with Gasteiger partial charge in [-0.25, -0.2) is 0 Å². The van der Waals surface area contributed by atoms with E-state index in [2.05, 4.69) is 52.0 Å². The average molecular weight is 246 g/mol. The van der Waals surface area contributed by atoms with E-state index < -0.39 is 0 Å². The second-order valence-electron chi connectivity index (χ2n) is 6.79. The zero-order valence-electron chi connectivity index (χ0n) is 12.2. The van der Waals surface area contributed by atoms with Crippen LogP contribution in [-0.4, -0.2) is 6.10 Å². The van der Waals surface area contributed by atoms with Crippen LogP contribution >= 0.6 is 0 Å². The first-order chi connectivity index (χ1) is 8.45. The van der Waals surface area contributed by atoms with Gasteiger partial charge in [0.2, 0.25) is 0 Å². The summed E-state index contributed by atoms with van der Waals surface area (Å²) in [6.45, 7) is 9.06. The molecule has 2 unspecified atom stereocenters. The van der Waals surface area contributed by atoms with Crippen LogP contribution in [-0.2, 0) is 5.41 Å². The van der Waals surface area contributed by atoms with E-state index in [1.165, 1.54) is 31.2 Å². The Hall–Kier alpha value is -0.980. The summed E-state index contributed by atoms with van der Waals surface area (Å²) >= 11 is 0. The zero-order valence-corrected chi connectivity index (χ0v) is 12.2. The van der Waals surface area contributed by atoms with Gasteiger partial charge in [0.25, 0.3) is 0 Å². The van der Waals surface area contributed by atoms with Crippen LogP contribution in [0.5, 0.6) is 5.75 Å². The molecule has 1 aliphatic rings. The van der Waals surface area contributed by atoms with Crippen molar-refractivity contribution in [1.82, 2.24) is 0 Å². The van der Waals surface area contributed by atoms with Gasteiger partial charge in [0.05, 0.1) is 6.10 Å². The molecule has 1 saturated carbocycles. The average Bonchev–Trinajstić information content (AvgIpc) is 2.28. The molecule has 0 aliphatic heterocycles. The molecule has 0 radical (unpaired) electrons. The predicted octanol–water partition coefficient (Wildman–Crippen LogP) is 4.94. The van der Waals surface area contributed by atoms with E-state index in [1.807, 2.05) is 0 Å². The van der Waals surface area contributed by atoms with E-state index in [9.17, 15) is 0 Å². The first kappa shape index (κ1) is 13.5. The summed E-state index contributed by atoms with van der Waals surface area (Å²) < 4.78 is 6.09. The summed E-state index contributed by atoms with van der Waals surface area (Å²) in [5.74, 6) is 1.85. The number of hydrogen-bond donors (Lipinski definition) is 0. The first-order valence-corrected chi connectivity index (χ1v) is 7.22. The normalized spacial score (nSPS) is 24.9. The van der Waals surface area contributed by atoms with Crippen molar-refractivity contribution in [2.75, 3.05) is 0 Å². The molecule has 0 bridgehead atoms. The summed E-state index contributed by atoms with van der Waals surface area (Å²) in [5.41, 5.74) is 1.59. The molecule has 1 aromatic carbocycles. The maximum atomic E-state index is 6.09. The Kier molecular flexibility index (Phi) is 3.99. The topological polar surface area (TPSA) is 9.23 Å². The SMILES string of the molecule is CC1CCCC(Oc2ccc(C(C)(C)C)cc2)C1. The van der Waals surface area contributed by atoms with E-state index in [-0.39, 0.29) is 5.41 Å². The Morgan fingerprint density at radius 1 is 1.06 bits per heavy atom. The zero-order chi connectivity index (χ0) is 13.2. The van der Waals surface area contributed by atoms with Crippen molar-refractivity contribution in [3.63, 3.8) is 0 Å². The molecule has 1 aromatic rings. The maximum absolute atomic E-state index is 6.09. The fourth-order valence-electron chi connectivity index (χ4n) is 2.71. The van der Waals surface area contributed by atoms with Gasteiger partial charge in [-0.05, 0) is 48.3 Å².